The Labute approximate surface area is 178 Å². The van der Waals surface area contributed by atoms with Gasteiger partial charge in [0.1, 0.15) is 5.69 Å². The van der Waals surface area contributed by atoms with Crippen molar-refractivity contribution in [1.29, 1.82) is 0 Å². The van der Waals surface area contributed by atoms with E-state index in [1.54, 1.807) is 42.8 Å². The SMILES string of the molecule is CCN1c2nc(Sc3ccccc3)n(C)c2C(=O)C(c2ccc(Cl)cc2)S1(=O)=O. The first kappa shape index (κ1) is 20.0. The monoisotopic (exact) mass is 447 g/mol. The van der Waals surface area contributed by atoms with Gasteiger partial charge in [-0.3, -0.25) is 9.10 Å². The number of aromatic nitrogens is 2. The summed E-state index contributed by atoms with van der Waals surface area (Å²) in [6, 6.07) is 16.0. The van der Waals surface area contributed by atoms with Gasteiger partial charge < -0.3 is 4.57 Å². The summed E-state index contributed by atoms with van der Waals surface area (Å²) in [6.45, 7) is 1.91. The lowest BCUT2D eigenvalue weighted by molar-refractivity contribution is 0.0976. The third-order valence-electron chi connectivity index (χ3n) is 4.76. The van der Waals surface area contributed by atoms with Crippen molar-refractivity contribution in [2.45, 2.75) is 22.2 Å². The number of nitrogens with zero attached hydrogens (tertiary/aromatic N) is 3. The van der Waals surface area contributed by atoms with Crippen LogP contribution in [0.5, 0.6) is 0 Å². The number of hydrogen-bond acceptors (Lipinski definition) is 5. The highest BCUT2D eigenvalue weighted by Gasteiger charge is 2.48. The van der Waals surface area contributed by atoms with Crippen LogP contribution in [-0.2, 0) is 17.1 Å². The normalized spacial score (nSPS) is 18.0. The number of fused-ring (bicyclic) bond motifs is 1. The molecular weight excluding hydrogens is 430 g/mol. The van der Waals surface area contributed by atoms with Crippen LogP contribution in [0.1, 0.15) is 28.2 Å². The van der Waals surface area contributed by atoms with Crippen molar-refractivity contribution >= 4 is 45.0 Å². The zero-order valence-electron chi connectivity index (χ0n) is 15.7. The van der Waals surface area contributed by atoms with E-state index in [9.17, 15) is 13.2 Å². The van der Waals surface area contributed by atoms with E-state index in [0.29, 0.717) is 21.4 Å². The van der Waals surface area contributed by atoms with E-state index in [-0.39, 0.29) is 12.4 Å². The minimum atomic E-state index is -3.96. The number of rotatable bonds is 4. The van der Waals surface area contributed by atoms with E-state index >= 15 is 0 Å². The average Bonchev–Trinajstić information content (AvgIpc) is 3.00. The first-order valence-corrected chi connectivity index (χ1v) is 11.6. The summed E-state index contributed by atoms with van der Waals surface area (Å²) in [7, 11) is -2.23. The molecule has 0 N–H and O–H groups in total. The van der Waals surface area contributed by atoms with Crippen molar-refractivity contribution in [2.24, 2.45) is 7.05 Å². The largest absolute Gasteiger partial charge is 0.317 e. The highest BCUT2D eigenvalue weighted by molar-refractivity contribution is 7.99. The predicted octanol–water partition coefficient (Wildman–Crippen LogP) is 4.32. The number of imidazole rings is 1. The molecule has 0 spiro atoms. The quantitative estimate of drug-likeness (QED) is 0.595. The molecule has 1 aliphatic heterocycles. The predicted molar refractivity (Wildman–Crippen MR) is 114 cm³/mol. The molecule has 1 atom stereocenters. The fourth-order valence-electron chi connectivity index (χ4n) is 3.40. The van der Waals surface area contributed by atoms with Gasteiger partial charge in [0.2, 0.25) is 5.78 Å². The summed E-state index contributed by atoms with van der Waals surface area (Å²) in [5.41, 5.74) is 0.682. The maximum absolute atomic E-state index is 13.4. The lowest BCUT2D eigenvalue weighted by Gasteiger charge is -2.31. The molecule has 29 heavy (non-hydrogen) atoms. The van der Waals surface area contributed by atoms with Gasteiger partial charge in [0.25, 0.3) is 10.0 Å². The summed E-state index contributed by atoms with van der Waals surface area (Å²) >= 11 is 7.32. The zero-order valence-corrected chi connectivity index (χ0v) is 18.1. The number of carbonyl (C=O) groups excluding carboxylic acids is 1. The number of hydrogen-bond donors (Lipinski definition) is 0. The molecule has 0 aliphatic carbocycles. The molecule has 1 aromatic heterocycles. The Balaban J connectivity index is 1.86. The van der Waals surface area contributed by atoms with Crippen molar-refractivity contribution in [3.8, 4) is 0 Å². The molecule has 0 saturated carbocycles. The third kappa shape index (κ3) is 3.35. The topological polar surface area (TPSA) is 72.3 Å². The van der Waals surface area contributed by atoms with Crippen LogP contribution in [0.25, 0.3) is 0 Å². The van der Waals surface area contributed by atoms with Crippen LogP contribution in [0.3, 0.4) is 0 Å². The van der Waals surface area contributed by atoms with Crippen LogP contribution in [0.15, 0.2) is 64.6 Å². The van der Waals surface area contributed by atoms with Crippen LogP contribution < -0.4 is 4.31 Å². The molecular formula is C20H18ClN3O3S2. The second-order valence-electron chi connectivity index (χ2n) is 6.55. The standard InChI is InChI=1S/C20H18ClN3O3S2/c1-3-24-19-16(23(2)20(22-19)28-15-7-5-4-6-8-15)17(25)18(29(24,26)27)13-9-11-14(21)12-10-13/h4-12,18H,3H2,1-2H3. The Morgan fingerprint density at radius 1 is 1.10 bits per heavy atom. The molecule has 6 nitrogen and oxygen atoms in total. The Hall–Kier alpha value is -2.29. The first-order chi connectivity index (χ1) is 13.8. The highest BCUT2D eigenvalue weighted by Crippen LogP contribution is 2.42. The van der Waals surface area contributed by atoms with Crippen LogP contribution in [-0.4, -0.2) is 30.3 Å². The van der Waals surface area contributed by atoms with E-state index in [1.807, 2.05) is 30.3 Å². The Kier molecular flexibility index (Phi) is 5.18. The number of halogens is 1. The van der Waals surface area contributed by atoms with E-state index in [4.69, 9.17) is 11.6 Å². The van der Waals surface area contributed by atoms with E-state index in [2.05, 4.69) is 4.98 Å². The van der Waals surface area contributed by atoms with Gasteiger partial charge in [-0.2, -0.15) is 0 Å². The minimum absolute atomic E-state index is 0.180. The third-order valence-corrected chi connectivity index (χ3v) is 8.20. The maximum atomic E-state index is 13.4. The molecule has 0 radical (unpaired) electrons. The lowest BCUT2D eigenvalue weighted by Crippen LogP contribution is -2.43. The average molecular weight is 448 g/mol. The van der Waals surface area contributed by atoms with Gasteiger partial charge >= 0.3 is 0 Å². The summed E-state index contributed by atoms with van der Waals surface area (Å²) in [4.78, 5) is 18.8. The maximum Gasteiger partial charge on any atom is 0.251 e. The molecule has 4 rings (SSSR count). The summed E-state index contributed by atoms with van der Waals surface area (Å²) in [5, 5.41) is -0.290. The summed E-state index contributed by atoms with van der Waals surface area (Å²) < 4.78 is 29.5. The first-order valence-electron chi connectivity index (χ1n) is 8.95. The van der Waals surface area contributed by atoms with Crippen LogP contribution in [0.2, 0.25) is 5.02 Å². The molecule has 3 aromatic rings. The van der Waals surface area contributed by atoms with Gasteiger partial charge in [-0.05, 0) is 36.8 Å². The number of anilines is 1. The van der Waals surface area contributed by atoms with Gasteiger partial charge in [-0.1, -0.05) is 53.7 Å². The van der Waals surface area contributed by atoms with Crippen molar-refractivity contribution in [3.05, 3.63) is 70.9 Å². The second-order valence-corrected chi connectivity index (χ2v) is 9.97. The number of carbonyl (C=O) groups is 1. The molecule has 150 valence electrons. The van der Waals surface area contributed by atoms with Gasteiger partial charge in [0.15, 0.2) is 16.2 Å². The van der Waals surface area contributed by atoms with Crippen molar-refractivity contribution in [3.63, 3.8) is 0 Å². The lowest BCUT2D eigenvalue weighted by atomic mass is 10.1. The molecule has 0 bridgehead atoms. The van der Waals surface area contributed by atoms with Gasteiger partial charge in [-0.25, -0.2) is 13.4 Å². The molecule has 0 saturated heterocycles. The van der Waals surface area contributed by atoms with Crippen LogP contribution in [0.4, 0.5) is 5.82 Å². The fraction of sp³-hybridized carbons (Fsp3) is 0.200. The zero-order chi connectivity index (χ0) is 20.8. The number of Topliss-reactive ketones (excluding diaryl/α,β-unsaturated/α-hetero) is 1. The summed E-state index contributed by atoms with van der Waals surface area (Å²) in [6.07, 6.45) is 0. The second kappa shape index (κ2) is 7.51. The minimum Gasteiger partial charge on any atom is -0.317 e. The Morgan fingerprint density at radius 2 is 1.76 bits per heavy atom. The highest BCUT2D eigenvalue weighted by atomic mass is 35.5. The van der Waals surface area contributed by atoms with Crippen LogP contribution >= 0.6 is 23.4 Å². The summed E-state index contributed by atoms with van der Waals surface area (Å²) in [5.74, 6) is -0.300. The van der Waals surface area contributed by atoms with Crippen molar-refractivity contribution < 1.29 is 13.2 Å². The number of ketones is 1. The molecule has 0 amide bonds. The van der Waals surface area contributed by atoms with Gasteiger partial charge in [-0.15, -0.1) is 0 Å². The molecule has 1 unspecified atom stereocenters. The van der Waals surface area contributed by atoms with E-state index < -0.39 is 21.1 Å². The van der Waals surface area contributed by atoms with Gasteiger partial charge in [0, 0.05) is 23.5 Å². The Bertz CT molecular complexity index is 1180. The molecule has 1 aliphatic rings. The van der Waals surface area contributed by atoms with Gasteiger partial charge in [0.05, 0.1) is 0 Å². The molecule has 9 heteroatoms. The molecule has 2 aromatic carbocycles. The van der Waals surface area contributed by atoms with Crippen molar-refractivity contribution in [2.75, 3.05) is 10.8 Å². The van der Waals surface area contributed by atoms with Crippen molar-refractivity contribution in [1.82, 2.24) is 9.55 Å². The number of benzene rings is 2. The molecule has 0 fully saturated rings. The Morgan fingerprint density at radius 3 is 2.38 bits per heavy atom. The number of sulfonamides is 1. The van der Waals surface area contributed by atoms with Crippen LogP contribution in [0, 0.1) is 0 Å². The van der Waals surface area contributed by atoms with E-state index in [0.717, 1.165) is 4.90 Å². The fourth-order valence-corrected chi connectivity index (χ4v) is 6.25. The molecule has 2 heterocycles. The smallest absolute Gasteiger partial charge is 0.251 e. The van der Waals surface area contributed by atoms with E-state index in [1.165, 1.54) is 16.1 Å².